The van der Waals surface area contributed by atoms with Crippen LogP contribution in [0.4, 0.5) is 11.6 Å². The van der Waals surface area contributed by atoms with E-state index < -0.39 is 6.04 Å². The number of aryl methyl sites for hydroxylation is 3. The van der Waals surface area contributed by atoms with Crippen molar-refractivity contribution < 1.29 is 4.42 Å². The van der Waals surface area contributed by atoms with E-state index in [1.54, 1.807) is 11.5 Å². The number of hydrogen-bond donors (Lipinski definition) is 2. The number of nitrogen functional groups attached to an aromatic ring is 1. The van der Waals surface area contributed by atoms with Gasteiger partial charge in [0.2, 0.25) is 5.89 Å². The maximum atomic E-state index is 14.0. The molecule has 0 aliphatic carbocycles. The number of anilines is 2. The third-order valence-corrected chi connectivity index (χ3v) is 6.14. The van der Waals surface area contributed by atoms with Gasteiger partial charge < -0.3 is 15.5 Å². The van der Waals surface area contributed by atoms with Crippen molar-refractivity contribution in [2.75, 3.05) is 11.1 Å². The van der Waals surface area contributed by atoms with Crippen LogP contribution in [-0.2, 0) is 0 Å². The molecule has 0 aliphatic rings. The fourth-order valence-corrected chi connectivity index (χ4v) is 4.33. The second-order valence-corrected chi connectivity index (χ2v) is 8.58. The van der Waals surface area contributed by atoms with Gasteiger partial charge in [-0.1, -0.05) is 37.3 Å². The van der Waals surface area contributed by atoms with Gasteiger partial charge in [-0.15, -0.1) is 10.2 Å². The second-order valence-electron chi connectivity index (χ2n) is 8.58. The Morgan fingerprint density at radius 3 is 2.53 bits per heavy atom. The van der Waals surface area contributed by atoms with Gasteiger partial charge >= 0.3 is 0 Å². The van der Waals surface area contributed by atoms with Crippen LogP contribution in [0, 0.1) is 20.8 Å². The summed E-state index contributed by atoms with van der Waals surface area (Å²) in [6.45, 7) is 7.60. The first-order chi connectivity index (χ1) is 17.4. The Bertz CT molecular complexity index is 1640. The minimum Gasteiger partial charge on any atom is -0.421 e. The highest BCUT2D eigenvalue weighted by molar-refractivity contribution is 5.82. The van der Waals surface area contributed by atoms with E-state index in [0.29, 0.717) is 40.4 Å². The van der Waals surface area contributed by atoms with Gasteiger partial charge in [0, 0.05) is 6.92 Å². The van der Waals surface area contributed by atoms with E-state index >= 15 is 0 Å². The van der Waals surface area contributed by atoms with E-state index in [9.17, 15) is 4.79 Å². The first kappa shape index (κ1) is 23.2. The molecule has 0 spiro atoms. The number of rotatable bonds is 6. The lowest BCUT2D eigenvalue weighted by atomic mass is 10.1. The number of benzene rings is 2. The SMILES string of the molecule is CCC(Nc1ncnc(N)c1-c1nnc(C)o1)c1nc2cccc(C)c2c(=O)n1-c1ccccc1C. The summed E-state index contributed by atoms with van der Waals surface area (Å²) in [5.41, 5.74) is 9.69. The van der Waals surface area contributed by atoms with Gasteiger partial charge in [0.1, 0.15) is 29.4 Å². The molecule has 0 saturated heterocycles. The predicted octanol–water partition coefficient (Wildman–Crippen LogP) is 4.30. The van der Waals surface area contributed by atoms with Gasteiger partial charge in [-0.25, -0.2) is 15.0 Å². The molecule has 2 aromatic carbocycles. The van der Waals surface area contributed by atoms with Crippen LogP contribution < -0.4 is 16.6 Å². The highest BCUT2D eigenvalue weighted by Crippen LogP contribution is 2.33. The van der Waals surface area contributed by atoms with Crippen LogP contribution in [-0.4, -0.2) is 29.7 Å². The van der Waals surface area contributed by atoms with Gasteiger partial charge in [-0.05, 0) is 43.5 Å². The molecule has 3 heterocycles. The Balaban J connectivity index is 1.73. The molecule has 0 radical (unpaired) electrons. The number of nitrogens with zero attached hydrogens (tertiary/aromatic N) is 6. The maximum absolute atomic E-state index is 14.0. The van der Waals surface area contributed by atoms with Crippen molar-refractivity contribution in [3.8, 4) is 17.1 Å². The monoisotopic (exact) mass is 482 g/mol. The minimum absolute atomic E-state index is 0.127. The highest BCUT2D eigenvalue weighted by Gasteiger charge is 2.25. The van der Waals surface area contributed by atoms with Gasteiger partial charge in [0.25, 0.3) is 11.4 Å². The van der Waals surface area contributed by atoms with Crippen LogP contribution in [0.2, 0.25) is 0 Å². The second kappa shape index (κ2) is 9.21. The smallest absolute Gasteiger partial charge is 0.266 e. The lowest BCUT2D eigenvalue weighted by Gasteiger charge is -2.24. The molecule has 1 atom stereocenters. The summed E-state index contributed by atoms with van der Waals surface area (Å²) in [6, 6.07) is 13.0. The van der Waals surface area contributed by atoms with Crippen molar-refractivity contribution in [2.24, 2.45) is 0 Å². The summed E-state index contributed by atoms with van der Waals surface area (Å²) in [5.74, 6) is 1.77. The lowest BCUT2D eigenvalue weighted by Crippen LogP contribution is -2.29. The number of hydrogen-bond acceptors (Lipinski definition) is 9. The number of nitrogens with two attached hydrogens (primary N) is 1. The quantitative estimate of drug-likeness (QED) is 0.363. The molecule has 36 heavy (non-hydrogen) atoms. The molecule has 3 aromatic heterocycles. The molecular formula is C26H26N8O2. The summed E-state index contributed by atoms with van der Waals surface area (Å²) in [4.78, 5) is 27.5. The molecule has 5 aromatic rings. The molecule has 0 bridgehead atoms. The molecule has 0 saturated carbocycles. The fraction of sp³-hybridized carbons (Fsp3) is 0.231. The molecule has 1 unspecified atom stereocenters. The zero-order valence-electron chi connectivity index (χ0n) is 20.5. The topological polar surface area (TPSA) is 138 Å². The summed E-state index contributed by atoms with van der Waals surface area (Å²) < 4.78 is 7.31. The number of para-hydroxylation sites is 1. The van der Waals surface area contributed by atoms with Crippen LogP contribution in [0.3, 0.4) is 0 Å². The van der Waals surface area contributed by atoms with Crippen molar-refractivity contribution in [3.63, 3.8) is 0 Å². The fourth-order valence-electron chi connectivity index (χ4n) is 4.33. The van der Waals surface area contributed by atoms with Crippen LogP contribution in [0.15, 0.2) is 58.0 Å². The van der Waals surface area contributed by atoms with Crippen LogP contribution >= 0.6 is 0 Å². The zero-order chi connectivity index (χ0) is 25.4. The van der Waals surface area contributed by atoms with Crippen molar-refractivity contribution in [1.29, 1.82) is 0 Å². The Morgan fingerprint density at radius 2 is 1.81 bits per heavy atom. The molecular weight excluding hydrogens is 456 g/mol. The molecule has 182 valence electrons. The predicted molar refractivity (Wildman–Crippen MR) is 138 cm³/mol. The first-order valence-corrected chi connectivity index (χ1v) is 11.6. The van der Waals surface area contributed by atoms with E-state index in [1.807, 2.05) is 63.2 Å². The molecule has 0 aliphatic heterocycles. The third-order valence-electron chi connectivity index (χ3n) is 6.14. The standard InChI is InChI=1S/C26H26N8O2/c1-5-17(30-23-21(22(27)28-13-29-23)25-33-32-16(4)36-25)24-31-18-11-8-10-15(3)20(18)26(35)34(24)19-12-7-6-9-14(19)2/h6-13,17H,5H2,1-4H3,(H3,27,28,29,30). The molecule has 5 rings (SSSR count). The van der Waals surface area contributed by atoms with E-state index in [0.717, 1.165) is 16.8 Å². The van der Waals surface area contributed by atoms with Crippen LogP contribution in [0.25, 0.3) is 28.0 Å². The van der Waals surface area contributed by atoms with Gasteiger partial charge in [0.05, 0.1) is 22.6 Å². The molecule has 10 nitrogen and oxygen atoms in total. The van der Waals surface area contributed by atoms with Gasteiger partial charge in [-0.2, -0.15) is 0 Å². The Labute approximate surface area is 207 Å². The summed E-state index contributed by atoms with van der Waals surface area (Å²) in [5, 5.41) is 12.0. The summed E-state index contributed by atoms with van der Waals surface area (Å²) >= 11 is 0. The highest BCUT2D eigenvalue weighted by atomic mass is 16.4. The Morgan fingerprint density at radius 1 is 1.03 bits per heavy atom. The normalized spacial score (nSPS) is 12.1. The molecule has 0 amide bonds. The van der Waals surface area contributed by atoms with Gasteiger partial charge in [0.15, 0.2) is 0 Å². The number of aromatic nitrogens is 6. The molecule has 3 N–H and O–H groups in total. The largest absolute Gasteiger partial charge is 0.421 e. The maximum Gasteiger partial charge on any atom is 0.266 e. The summed E-state index contributed by atoms with van der Waals surface area (Å²) in [7, 11) is 0. The van der Waals surface area contributed by atoms with E-state index in [2.05, 4.69) is 25.5 Å². The average molecular weight is 483 g/mol. The van der Waals surface area contributed by atoms with Gasteiger partial charge in [-0.3, -0.25) is 9.36 Å². The van der Waals surface area contributed by atoms with Crippen LogP contribution in [0.5, 0.6) is 0 Å². The third kappa shape index (κ3) is 3.96. The van der Waals surface area contributed by atoms with Crippen LogP contribution in [0.1, 0.15) is 42.2 Å². The average Bonchev–Trinajstić information content (AvgIpc) is 3.28. The number of nitrogens with one attached hydrogen (secondary N) is 1. The number of fused-ring (bicyclic) bond motifs is 1. The van der Waals surface area contributed by atoms with E-state index in [1.165, 1.54) is 6.33 Å². The summed E-state index contributed by atoms with van der Waals surface area (Å²) in [6.07, 6.45) is 1.96. The minimum atomic E-state index is -0.403. The van der Waals surface area contributed by atoms with Crippen molar-refractivity contribution in [3.05, 3.63) is 82.0 Å². The van der Waals surface area contributed by atoms with Crippen molar-refractivity contribution >= 4 is 22.5 Å². The molecule has 10 heteroatoms. The van der Waals surface area contributed by atoms with Crippen molar-refractivity contribution in [1.82, 2.24) is 29.7 Å². The Kier molecular flexibility index (Phi) is 5.93. The Hall–Kier alpha value is -4.60. The van der Waals surface area contributed by atoms with Crippen molar-refractivity contribution in [2.45, 2.75) is 40.2 Å². The van der Waals surface area contributed by atoms with E-state index in [4.69, 9.17) is 15.1 Å². The lowest BCUT2D eigenvalue weighted by molar-refractivity contribution is 0.532. The zero-order valence-corrected chi connectivity index (χ0v) is 20.5. The van der Waals surface area contributed by atoms with E-state index in [-0.39, 0.29) is 17.3 Å². The molecule has 0 fully saturated rings. The first-order valence-electron chi connectivity index (χ1n) is 11.6.